The number of fused-ring (bicyclic) bond motifs is 1. The van der Waals surface area contributed by atoms with Crippen LogP contribution in [0.2, 0.25) is 0 Å². The number of phenols is 1. The lowest BCUT2D eigenvalue weighted by molar-refractivity contribution is 0.0735. The van der Waals surface area contributed by atoms with Crippen molar-refractivity contribution in [2.24, 2.45) is 0 Å². The number of halogens is 1. The molecule has 0 saturated heterocycles. The molecule has 21 heavy (non-hydrogen) atoms. The van der Waals surface area contributed by atoms with Gasteiger partial charge < -0.3 is 15.7 Å². The van der Waals surface area contributed by atoms with Gasteiger partial charge in [0.15, 0.2) is 0 Å². The quantitative estimate of drug-likeness (QED) is 0.780. The van der Waals surface area contributed by atoms with Crippen LogP contribution in [0.15, 0.2) is 40.9 Å². The first-order valence-corrected chi connectivity index (χ1v) is 7.49. The van der Waals surface area contributed by atoms with Gasteiger partial charge in [-0.2, -0.15) is 0 Å². The molecule has 0 saturated carbocycles. The van der Waals surface area contributed by atoms with E-state index < -0.39 is 0 Å². The number of hydrogen-bond donors (Lipinski definition) is 2. The lowest BCUT2D eigenvalue weighted by Crippen LogP contribution is -2.36. The molecule has 1 heterocycles. The van der Waals surface area contributed by atoms with Crippen LogP contribution in [0, 0.1) is 0 Å². The van der Waals surface area contributed by atoms with Crippen molar-refractivity contribution in [2.45, 2.75) is 13.0 Å². The number of rotatable bonds is 1. The molecular weight excluding hydrogens is 332 g/mol. The molecule has 2 aromatic rings. The number of amides is 1. The molecule has 0 bridgehead atoms. The fourth-order valence-electron chi connectivity index (χ4n) is 2.62. The van der Waals surface area contributed by atoms with Gasteiger partial charge in [-0.05, 0) is 47.9 Å². The number of carbonyl (C=O) groups excluding carboxylic acids is 1. The summed E-state index contributed by atoms with van der Waals surface area (Å²) >= 11 is 3.34. The Labute approximate surface area is 131 Å². The average Bonchev–Trinajstić information content (AvgIpc) is 2.46. The van der Waals surface area contributed by atoms with Crippen molar-refractivity contribution in [3.8, 4) is 5.75 Å². The molecule has 3 rings (SSSR count). The first kappa shape index (κ1) is 13.9. The van der Waals surface area contributed by atoms with E-state index in [4.69, 9.17) is 5.73 Å². The fraction of sp³-hybridized carbons (Fsp3) is 0.188. The van der Waals surface area contributed by atoms with Gasteiger partial charge in [-0.1, -0.05) is 22.0 Å². The molecule has 2 aromatic carbocycles. The minimum absolute atomic E-state index is 0.0750. The lowest BCUT2D eigenvalue weighted by Gasteiger charge is -2.29. The van der Waals surface area contributed by atoms with Crippen LogP contribution in [0.5, 0.6) is 5.75 Å². The maximum absolute atomic E-state index is 12.6. The Hall–Kier alpha value is -2.01. The average molecular weight is 347 g/mol. The Morgan fingerprint density at radius 2 is 2.00 bits per heavy atom. The Kier molecular flexibility index (Phi) is 3.59. The Morgan fingerprint density at radius 3 is 2.76 bits per heavy atom. The van der Waals surface area contributed by atoms with Crippen molar-refractivity contribution in [3.05, 3.63) is 57.6 Å². The van der Waals surface area contributed by atoms with E-state index in [2.05, 4.69) is 15.9 Å². The van der Waals surface area contributed by atoms with E-state index in [-0.39, 0.29) is 11.7 Å². The molecule has 5 heteroatoms. The van der Waals surface area contributed by atoms with Crippen molar-refractivity contribution in [1.29, 1.82) is 0 Å². The summed E-state index contributed by atoms with van der Waals surface area (Å²) in [5.74, 6) is 0.153. The van der Waals surface area contributed by atoms with Crippen LogP contribution in [0.25, 0.3) is 0 Å². The second-order valence-corrected chi connectivity index (χ2v) is 6.08. The van der Waals surface area contributed by atoms with E-state index in [1.165, 1.54) is 5.56 Å². The minimum atomic E-state index is -0.0750. The molecule has 0 unspecified atom stereocenters. The van der Waals surface area contributed by atoms with Crippen LogP contribution in [-0.2, 0) is 13.0 Å². The molecule has 0 aliphatic carbocycles. The first-order valence-electron chi connectivity index (χ1n) is 6.69. The Morgan fingerprint density at radius 1 is 1.19 bits per heavy atom. The van der Waals surface area contributed by atoms with Crippen molar-refractivity contribution in [2.75, 3.05) is 12.3 Å². The number of anilines is 1. The van der Waals surface area contributed by atoms with Gasteiger partial charge >= 0.3 is 0 Å². The summed E-state index contributed by atoms with van der Waals surface area (Å²) in [6, 6.07) is 10.6. The summed E-state index contributed by atoms with van der Waals surface area (Å²) in [5.41, 5.74) is 9.09. The Balaban J connectivity index is 1.87. The van der Waals surface area contributed by atoms with E-state index >= 15 is 0 Å². The van der Waals surface area contributed by atoms with E-state index in [1.807, 2.05) is 12.1 Å². The molecule has 0 radical (unpaired) electrons. The van der Waals surface area contributed by atoms with Crippen LogP contribution in [0.3, 0.4) is 0 Å². The third-order valence-corrected chi connectivity index (χ3v) is 4.23. The van der Waals surface area contributed by atoms with Gasteiger partial charge in [-0.25, -0.2) is 0 Å². The standard InChI is InChI=1S/C16H15BrN2O2/c17-12-2-4-14(15(18)8-12)16(21)19-6-5-10-1-3-13(20)7-11(10)9-19/h1-4,7-8,20H,5-6,9,18H2. The summed E-state index contributed by atoms with van der Waals surface area (Å²) in [7, 11) is 0. The summed E-state index contributed by atoms with van der Waals surface area (Å²) in [4.78, 5) is 14.4. The number of carbonyl (C=O) groups is 1. The van der Waals surface area contributed by atoms with Crippen molar-refractivity contribution in [3.63, 3.8) is 0 Å². The molecule has 0 fully saturated rings. The zero-order chi connectivity index (χ0) is 15.0. The van der Waals surface area contributed by atoms with Crippen molar-refractivity contribution in [1.82, 2.24) is 4.90 Å². The van der Waals surface area contributed by atoms with E-state index in [9.17, 15) is 9.90 Å². The topological polar surface area (TPSA) is 66.6 Å². The third kappa shape index (κ3) is 2.74. The number of phenolic OH excluding ortho intramolecular Hbond substituents is 1. The van der Waals surface area contributed by atoms with Gasteiger partial charge in [0.1, 0.15) is 5.75 Å². The molecule has 1 amide bonds. The summed E-state index contributed by atoms with van der Waals surface area (Å²) in [5, 5.41) is 9.58. The zero-order valence-electron chi connectivity index (χ0n) is 11.3. The van der Waals surface area contributed by atoms with Gasteiger partial charge in [0, 0.05) is 23.2 Å². The molecule has 3 N–H and O–H groups in total. The molecule has 1 aliphatic rings. The maximum atomic E-state index is 12.6. The fourth-order valence-corrected chi connectivity index (χ4v) is 2.99. The van der Waals surface area contributed by atoms with Crippen LogP contribution in [0.4, 0.5) is 5.69 Å². The first-order chi connectivity index (χ1) is 10.0. The monoisotopic (exact) mass is 346 g/mol. The molecule has 1 aliphatic heterocycles. The SMILES string of the molecule is Nc1cc(Br)ccc1C(=O)N1CCc2ccc(O)cc2C1. The van der Waals surface area contributed by atoms with Crippen LogP contribution in [-0.4, -0.2) is 22.5 Å². The second-order valence-electron chi connectivity index (χ2n) is 5.16. The van der Waals surface area contributed by atoms with Crippen molar-refractivity contribution >= 4 is 27.5 Å². The van der Waals surface area contributed by atoms with Crippen molar-refractivity contribution < 1.29 is 9.90 Å². The Bertz CT molecular complexity index is 715. The second kappa shape index (κ2) is 5.41. The normalized spacial score (nSPS) is 13.9. The molecule has 0 atom stereocenters. The predicted octanol–water partition coefficient (Wildman–Crippen LogP) is 2.94. The largest absolute Gasteiger partial charge is 0.508 e. The number of hydrogen-bond acceptors (Lipinski definition) is 3. The molecular formula is C16H15BrN2O2. The predicted molar refractivity (Wildman–Crippen MR) is 85.1 cm³/mol. The van der Waals surface area contributed by atoms with E-state index in [0.29, 0.717) is 24.3 Å². The maximum Gasteiger partial charge on any atom is 0.256 e. The highest BCUT2D eigenvalue weighted by Crippen LogP contribution is 2.26. The molecule has 0 aromatic heterocycles. The van der Waals surface area contributed by atoms with Gasteiger partial charge in [0.2, 0.25) is 0 Å². The summed E-state index contributed by atoms with van der Waals surface area (Å²) < 4.78 is 0.852. The van der Waals surface area contributed by atoms with Crippen LogP contribution < -0.4 is 5.73 Å². The highest BCUT2D eigenvalue weighted by Gasteiger charge is 2.23. The van der Waals surface area contributed by atoms with Gasteiger partial charge in [0.05, 0.1) is 5.56 Å². The van der Waals surface area contributed by atoms with Crippen LogP contribution in [0.1, 0.15) is 21.5 Å². The minimum Gasteiger partial charge on any atom is -0.508 e. The molecule has 4 nitrogen and oxygen atoms in total. The lowest BCUT2D eigenvalue weighted by atomic mass is 9.98. The van der Waals surface area contributed by atoms with E-state index in [1.54, 1.807) is 29.2 Å². The van der Waals surface area contributed by atoms with Gasteiger partial charge in [-0.15, -0.1) is 0 Å². The number of nitrogen functional groups attached to an aromatic ring is 1. The zero-order valence-corrected chi connectivity index (χ0v) is 12.9. The number of benzene rings is 2. The van der Waals surface area contributed by atoms with Gasteiger partial charge in [-0.3, -0.25) is 4.79 Å². The highest BCUT2D eigenvalue weighted by molar-refractivity contribution is 9.10. The van der Waals surface area contributed by atoms with E-state index in [0.717, 1.165) is 16.5 Å². The summed E-state index contributed by atoms with van der Waals surface area (Å²) in [6.07, 6.45) is 0.789. The highest BCUT2D eigenvalue weighted by atomic mass is 79.9. The summed E-state index contributed by atoms with van der Waals surface area (Å²) in [6.45, 7) is 1.16. The van der Waals surface area contributed by atoms with Crippen LogP contribution >= 0.6 is 15.9 Å². The number of nitrogens with two attached hydrogens (primary N) is 1. The number of aromatic hydroxyl groups is 1. The third-order valence-electron chi connectivity index (χ3n) is 3.73. The van der Waals surface area contributed by atoms with Gasteiger partial charge in [0.25, 0.3) is 5.91 Å². The number of nitrogens with zero attached hydrogens (tertiary/aromatic N) is 1. The smallest absolute Gasteiger partial charge is 0.256 e. The molecule has 108 valence electrons. The molecule has 0 spiro atoms.